The second kappa shape index (κ2) is 14.3. The smallest absolute Gasteiger partial charge is 0.407 e. The van der Waals surface area contributed by atoms with Crippen molar-refractivity contribution in [3.8, 4) is 0 Å². The van der Waals surface area contributed by atoms with Gasteiger partial charge in [0.1, 0.15) is 22.5 Å². The summed E-state index contributed by atoms with van der Waals surface area (Å²) in [5, 5.41) is 7.86. The van der Waals surface area contributed by atoms with E-state index in [1.807, 2.05) is 52.0 Å². The van der Waals surface area contributed by atoms with Crippen LogP contribution in [0.3, 0.4) is 0 Å². The number of carbonyl (C=O) groups excluding carboxylic acids is 2. The van der Waals surface area contributed by atoms with Gasteiger partial charge < -0.3 is 19.5 Å². The molecule has 0 saturated carbocycles. The first-order chi connectivity index (χ1) is 21.3. The third-order valence-electron chi connectivity index (χ3n) is 7.32. The van der Waals surface area contributed by atoms with E-state index < -0.39 is 17.7 Å². The van der Waals surface area contributed by atoms with Crippen molar-refractivity contribution in [3.05, 3.63) is 92.1 Å². The van der Waals surface area contributed by atoms with Crippen LogP contribution in [-0.4, -0.2) is 50.3 Å². The zero-order chi connectivity index (χ0) is 32.9. The van der Waals surface area contributed by atoms with Gasteiger partial charge in [-0.1, -0.05) is 67.4 Å². The van der Waals surface area contributed by atoms with Crippen molar-refractivity contribution in [1.29, 1.82) is 0 Å². The van der Waals surface area contributed by atoms with Crippen molar-refractivity contribution in [2.45, 2.75) is 85.4 Å². The van der Waals surface area contributed by atoms with E-state index in [9.17, 15) is 14.4 Å². The second-order valence-electron chi connectivity index (χ2n) is 12.5. The number of fused-ring (bicyclic) bond motifs is 1. The summed E-state index contributed by atoms with van der Waals surface area (Å²) >= 11 is 6.15. The highest BCUT2D eigenvalue weighted by atomic mass is 35.5. The molecule has 4 aromatic rings. The lowest BCUT2D eigenvalue weighted by atomic mass is 10.1. The monoisotopic (exact) mass is 635 g/mol. The molecular weight excluding hydrogens is 594 g/mol. The first-order valence-corrected chi connectivity index (χ1v) is 15.7. The maximum atomic E-state index is 14.2. The number of benzene rings is 2. The van der Waals surface area contributed by atoms with Crippen LogP contribution in [0.5, 0.6) is 0 Å². The normalized spacial score (nSPS) is 12.4. The van der Waals surface area contributed by atoms with Gasteiger partial charge in [-0.05, 0) is 76.3 Å². The third-order valence-corrected chi connectivity index (χ3v) is 7.57. The Morgan fingerprint density at radius 2 is 1.76 bits per heavy atom. The fourth-order valence-electron chi connectivity index (χ4n) is 5.10. The standard InChI is InChI=1S/C34H42ClN5O5/c1-8-26(39(31(41)24-14-10-22(4)11-15-24)19-9-18-36-33(43)44-34(5,6)7)29-37-30-27(28(21(2)3)38-45-30)32(42)40(29)20-23-12-16-25(35)17-13-23/h10-17,21,26H,8-9,18-20H2,1-7H3,(H,36,43). The van der Waals surface area contributed by atoms with Crippen LogP contribution in [0.2, 0.25) is 5.02 Å². The summed E-state index contributed by atoms with van der Waals surface area (Å²) in [6, 6.07) is 14.0. The zero-order valence-electron chi connectivity index (χ0n) is 27.0. The molecule has 0 saturated heterocycles. The highest BCUT2D eigenvalue weighted by Crippen LogP contribution is 2.29. The molecule has 2 aromatic carbocycles. The second-order valence-corrected chi connectivity index (χ2v) is 12.9. The van der Waals surface area contributed by atoms with Gasteiger partial charge in [-0.2, -0.15) is 4.98 Å². The summed E-state index contributed by atoms with van der Waals surface area (Å²) in [5.74, 6) is 0.110. The van der Waals surface area contributed by atoms with Crippen molar-refractivity contribution < 1.29 is 18.8 Å². The molecule has 45 heavy (non-hydrogen) atoms. The van der Waals surface area contributed by atoms with Crippen LogP contribution in [0.25, 0.3) is 11.1 Å². The Labute approximate surface area is 268 Å². The summed E-state index contributed by atoms with van der Waals surface area (Å²) in [5.41, 5.74) is 2.14. The summed E-state index contributed by atoms with van der Waals surface area (Å²) in [7, 11) is 0. The van der Waals surface area contributed by atoms with E-state index in [0.29, 0.717) is 40.3 Å². The molecule has 0 aliphatic rings. The SMILES string of the molecule is CCC(c1nc2onc(C(C)C)c2c(=O)n1Cc1ccc(Cl)cc1)N(CCCNC(=O)OC(C)(C)C)C(=O)c1ccc(C)cc1. The number of aryl methyl sites for hydroxylation is 1. The molecular formula is C34H42ClN5O5. The molecule has 4 rings (SSSR count). The highest BCUT2D eigenvalue weighted by molar-refractivity contribution is 6.30. The van der Waals surface area contributed by atoms with Gasteiger partial charge in [-0.15, -0.1) is 0 Å². The molecule has 0 spiro atoms. The van der Waals surface area contributed by atoms with Crippen LogP contribution in [0, 0.1) is 6.92 Å². The third kappa shape index (κ3) is 8.30. The molecule has 2 heterocycles. The van der Waals surface area contributed by atoms with E-state index in [2.05, 4.69) is 10.5 Å². The molecule has 240 valence electrons. The van der Waals surface area contributed by atoms with Crippen LogP contribution < -0.4 is 10.9 Å². The fourth-order valence-corrected chi connectivity index (χ4v) is 5.23. The Morgan fingerprint density at radius 1 is 1.09 bits per heavy atom. The number of nitrogens with zero attached hydrogens (tertiary/aromatic N) is 4. The van der Waals surface area contributed by atoms with Gasteiger partial charge in [0.2, 0.25) is 0 Å². The number of ether oxygens (including phenoxy) is 1. The lowest BCUT2D eigenvalue weighted by Crippen LogP contribution is -2.41. The molecule has 1 unspecified atom stereocenters. The molecule has 0 aliphatic carbocycles. The highest BCUT2D eigenvalue weighted by Gasteiger charge is 2.31. The average Bonchev–Trinajstić information content (AvgIpc) is 3.41. The molecule has 0 bridgehead atoms. The lowest BCUT2D eigenvalue weighted by molar-refractivity contribution is 0.0523. The number of amides is 2. The van der Waals surface area contributed by atoms with Crippen molar-refractivity contribution in [2.24, 2.45) is 0 Å². The molecule has 0 fully saturated rings. The number of aromatic nitrogens is 3. The maximum Gasteiger partial charge on any atom is 0.407 e. The molecule has 2 aromatic heterocycles. The number of hydrogen-bond acceptors (Lipinski definition) is 7. The summed E-state index contributed by atoms with van der Waals surface area (Å²) in [4.78, 5) is 47.2. The van der Waals surface area contributed by atoms with E-state index in [4.69, 9.17) is 25.8 Å². The van der Waals surface area contributed by atoms with E-state index in [-0.39, 0.29) is 42.7 Å². The Hall–Kier alpha value is -4.18. The Bertz CT molecular complexity index is 1690. The average molecular weight is 636 g/mol. The number of nitrogens with one attached hydrogen (secondary N) is 1. The first-order valence-electron chi connectivity index (χ1n) is 15.3. The molecule has 2 amide bonds. The van der Waals surface area contributed by atoms with Crippen LogP contribution in [0.4, 0.5) is 4.79 Å². The molecule has 0 radical (unpaired) electrons. The predicted octanol–water partition coefficient (Wildman–Crippen LogP) is 7.03. The number of carbonyl (C=O) groups is 2. The first kappa shape index (κ1) is 33.7. The van der Waals surface area contributed by atoms with Gasteiger partial charge >= 0.3 is 6.09 Å². The molecule has 1 atom stereocenters. The minimum Gasteiger partial charge on any atom is -0.444 e. The number of rotatable bonds is 11. The minimum atomic E-state index is -0.626. The van der Waals surface area contributed by atoms with Gasteiger partial charge in [-0.3, -0.25) is 14.2 Å². The van der Waals surface area contributed by atoms with Crippen molar-refractivity contribution >= 4 is 34.7 Å². The molecule has 0 aliphatic heterocycles. The lowest BCUT2D eigenvalue weighted by Gasteiger charge is -2.32. The van der Waals surface area contributed by atoms with Crippen molar-refractivity contribution in [3.63, 3.8) is 0 Å². The number of halogens is 1. The van der Waals surface area contributed by atoms with Gasteiger partial charge in [-0.25, -0.2) is 4.79 Å². The van der Waals surface area contributed by atoms with Crippen LogP contribution >= 0.6 is 11.6 Å². The van der Waals surface area contributed by atoms with E-state index >= 15 is 0 Å². The summed E-state index contributed by atoms with van der Waals surface area (Å²) in [6.45, 7) is 14.0. The molecule has 1 N–H and O–H groups in total. The minimum absolute atomic E-state index is 0.0605. The summed E-state index contributed by atoms with van der Waals surface area (Å²) < 4.78 is 12.6. The summed E-state index contributed by atoms with van der Waals surface area (Å²) in [6.07, 6.45) is 0.374. The predicted molar refractivity (Wildman–Crippen MR) is 175 cm³/mol. The van der Waals surface area contributed by atoms with E-state index in [0.717, 1.165) is 11.1 Å². The Kier molecular flexibility index (Phi) is 10.7. The zero-order valence-corrected chi connectivity index (χ0v) is 27.8. The van der Waals surface area contributed by atoms with Crippen LogP contribution in [0.15, 0.2) is 57.8 Å². The quantitative estimate of drug-likeness (QED) is 0.176. The number of alkyl carbamates (subject to hydrolysis) is 1. The topological polar surface area (TPSA) is 120 Å². The maximum absolute atomic E-state index is 14.2. The number of hydrogen-bond donors (Lipinski definition) is 1. The Balaban J connectivity index is 1.78. The van der Waals surface area contributed by atoms with Crippen molar-refractivity contribution in [1.82, 2.24) is 24.9 Å². The van der Waals surface area contributed by atoms with E-state index in [1.165, 1.54) is 0 Å². The molecule has 11 heteroatoms. The largest absolute Gasteiger partial charge is 0.444 e. The van der Waals surface area contributed by atoms with Gasteiger partial charge in [0.05, 0.1) is 12.6 Å². The van der Waals surface area contributed by atoms with Gasteiger partial charge in [0, 0.05) is 23.7 Å². The fraction of sp³-hybridized carbons (Fsp3) is 0.441. The van der Waals surface area contributed by atoms with Gasteiger partial charge in [0.15, 0.2) is 0 Å². The van der Waals surface area contributed by atoms with Crippen molar-refractivity contribution in [2.75, 3.05) is 13.1 Å². The molecule has 10 nitrogen and oxygen atoms in total. The van der Waals surface area contributed by atoms with E-state index in [1.54, 1.807) is 54.5 Å². The van der Waals surface area contributed by atoms with Gasteiger partial charge in [0.25, 0.3) is 17.2 Å². The van der Waals surface area contributed by atoms with Crippen LogP contribution in [-0.2, 0) is 11.3 Å². The Morgan fingerprint density at radius 3 is 2.36 bits per heavy atom. The van der Waals surface area contributed by atoms with Crippen LogP contribution in [0.1, 0.15) is 99.3 Å².